The lowest BCUT2D eigenvalue weighted by Gasteiger charge is -2.15. The van der Waals surface area contributed by atoms with Gasteiger partial charge < -0.3 is 10.1 Å². The van der Waals surface area contributed by atoms with Crippen molar-refractivity contribution in [3.8, 4) is 0 Å². The molecule has 3 rings (SSSR count). The van der Waals surface area contributed by atoms with E-state index in [1.165, 1.54) is 36.2 Å². The first kappa shape index (κ1) is 19.1. The average Bonchev–Trinajstić information content (AvgIpc) is 3.08. The molecular weight excluding hydrogens is 366 g/mol. The summed E-state index contributed by atoms with van der Waals surface area (Å²) in [6.45, 7) is 1.45. The Balaban J connectivity index is 1.69. The number of benzene rings is 2. The molecule has 1 unspecified atom stereocenters. The van der Waals surface area contributed by atoms with E-state index in [0.29, 0.717) is 5.69 Å². The number of carbonyl (C=O) groups is 2. The van der Waals surface area contributed by atoms with Gasteiger partial charge in [-0.3, -0.25) is 4.79 Å². The number of nitrogens with one attached hydrogen (secondary N) is 1. The van der Waals surface area contributed by atoms with Gasteiger partial charge in [0, 0.05) is 11.9 Å². The highest BCUT2D eigenvalue weighted by Gasteiger charge is 2.24. The second-order valence-corrected chi connectivity index (χ2v) is 8.63. The fraction of sp³-hybridized carbons (Fsp3) is 0.300. The van der Waals surface area contributed by atoms with Gasteiger partial charge in [0.2, 0.25) is 0 Å². The summed E-state index contributed by atoms with van der Waals surface area (Å²) in [6, 6.07) is 11.5. The lowest BCUT2D eigenvalue weighted by atomic mass is 10.1. The average molecular weight is 387 g/mol. The van der Waals surface area contributed by atoms with Crippen molar-refractivity contribution < 1.29 is 22.7 Å². The Morgan fingerprint density at radius 2 is 1.78 bits per heavy atom. The Labute approximate surface area is 158 Å². The van der Waals surface area contributed by atoms with Crippen LogP contribution >= 0.6 is 0 Å². The summed E-state index contributed by atoms with van der Waals surface area (Å²) in [4.78, 5) is 24.6. The maximum atomic E-state index is 12.4. The van der Waals surface area contributed by atoms with Crippen LogP contribution in [0.25, 0.3) is 0 Å². The van der Waals surface area contributed by atoms with Crippen molar-refractivity contribution in [2.45, 2.75) is 37.2 Å². The molecule has 1 atom stereocenters. The molecule has 1 amide bonds. The van der Waals surface area contributed by atoms with Crippen LogP contribution in [0.3, 0.4) is 0 Å². The zero-order chi connectivity index (χ0) is 19.6. The summed E-state index contributed by atoms with van der Waals surface area (Å²) < 4.78 is 28.8. The lowest BCUT2D eigenvalue weighted by molar-refractivity contribution is -0.123. The fourth-order valence-electron chi connectivity index (χ4n) is 3.13. The number of rotatable bonds is 5. The van der Waals surface area contributed by atoms with Crippen LogP contribution in [0.1, 0.15) is 34.8 Å². The van der Waals surface area contributed by atoms with Gasteiger partial charge in [0.25, 0.3) is 5.91 Å². The number of amides is 1. The number of hydrogen-bond donors (Lipinski definition) is 1. The van der Waals surface area contributed by atoms with Gasteiger partial charge in [0.1, 0.15) is 0 Å². The third-order valence-electron chi connectivity index (χ3n) is 4.53. The summed E-state index contributed by atoms with van der Waals surface area (Å²) in [6.07, 6.45) is 3.10. The monoisotopic (exact) mass is 387 g/mol. The van der Waals surface area contributed by atoms with Gasteiger partial charge in [0.15, 0.2) is 15.9 Å². The van der Waals surface area contributed by atoms with Gasteiger partial charge >= 0.3 is 5.97 Å². The van der Waals surface area contributed by atoms with Crippen molar-refractivity contribution in [3.63, 3.8) is 0 Å². The Hall–Kier alpha value is -2.67. The molecule has 0 fully saturated rings. The van der Waals surface area contributed by atoms with Crippen LogP contribution in [0.15, 0.2) is 47.4 Å². The van der Waals surface area contributed by atoms with Crippen LogP contribution < -0.4 is 5.32 Å². The van der Waals surface area contributed by atoms with E-state index in [4.69, 9.17) is 4.74 Å². The molecular formula is C20H21NO5S. The molecule has 1 aliphatic carbocycles. The molecule has 0 radical (unpaired) electrons. The molecule has 6 nitrogen and oxygen atoms in total. The van der Waals surface area contributed by atoms with E-state index in [1.54, 1.807) is 6.07 Å². The van der Waals surface area contributed by atoms with E-state index in [9.17, 15) is 18.0 Å². The molecule has 2 aromatic rings. The molecule has 1 aliphatic rings. The van der Waals surface area contributed by atoms with Crippen LogP contribution in [0.5, 0.6) is 0 Å². The molecule has 0 saturated heterocycles. The first-order valence-electron chi connectivity index (χ1n) is 8.68. The molecule has 0 saturated carbocycles. The first-order valence-corrected chi connectivity index (χ1v) is 10.6. The Morgan fingerprint density at radius 1 is 1.07 bits per heavy atom. The topological polar surface area (TPSA) is 89.5 Å². The second-order valence-electron chi connectivity index (χ2n) is 6.64. The highest BCUT2D eigenvalue weighted by molar-refractivity contribution is 7.90. The molecule has 0 heterocycles. The normalized spacial score (nSPS) is 14.3. The number of aryl methyl sites for hydroxylation is 2. The summed E-state index contributed by atoms with van der Waals surface area (Å²) in [5.41, 5.74) is 3.08. The smallest absolute Gasteiger partial charge is 0.340 e. The largest absolute Gasteiger partial charge is 0.449 e. The van der Waals surface area contributed by atoms with E-state index in [-0.39, 0.29) is 10.5 Å². The Kier molecular flexibility index (Phi) is 5.32. The van der Waals surface area contributed by atoms with Gasteiger partial charge in [-0.05, 0) is 61.6 Å². The minimum absolute atomic E-state index is 0.0859. The number of ether oxygens (including phenoxy) is 1. The minimum Gasteiger partial charge on any atom is -0.449 e. The molecule has 27 heavy (non-hydrogen) atoms. The van der Waals surface area contributed by atoms with Crippen LogP contribution in [0.4, 0.5) is 5.69 Å². The zero-order valence-electron chi connectivity index (χ0n) is 15.2. The van der Waals surface area contributed by atoms with E-state index in [0.717, 1.165) is 25.5 Å². The van der Waals surface area contributed by atoms with Gasteiger partial charge in [-0.15, -0.1) is 0 Å². The predicted octanol–water partition coefficient (Wildman–Crippen LogP) is 2.76. The van der Waals surface area contributed by atoms with E-state index < -0.39 is 27.8 Å². The molecule has 7 heteroatoms. The summed E-state index contributed by atoms with van der Waals surface area (Å²) >= 11 is 0. The van der Waals surface area contributed by atoms with Crippen LogP contribution in [-0.4, -0.2) is 32.7 Å². The SMILES string of the molecule is CC(OC(=O)c1ccccc1S(C)(=O)=O)C(=O)Nc1ccc2c(c1)CCC2. The molecule has 0 aromatic heterocycles. The third kappa shape index (κ3) is 4.36. The van der Waals surface area contributed by atoms with Crippen molar-refractivity contribution >= 4 is 27.4 Å². The number of fused-ring (bicyclic) bond motifs is 1. The van der Waals surface area contributed by atoms with Crippen molar-refractivity contribution in [3.05, 3.63) is 59.2 Å². The van der Waals surface area contributed by atoms with Crippen molar-refractivity contribution in [1.29, 1.82) is 0 Å². The number of sulfone groups is 1. The van der Waals surface area contributed by atoms with Gasteiger partial charge in [-0.25, -0.2) is 13.2 Å². The van der Waals surface area contributed by atoms with Crippen molar-refractivity contribution in [2.75, 3.05) is 11.6 Å². The molecule has 142 valence electrons. The van der Waals surface area contributed by atoms with Gasteiger partial charge in [0.05, 0.1) is 10.5 Å². The molecule has 0 aliphatic heterocycles. The first-order chi connectivity index (χ1) is 12.8. The van der Waals surface area contributed by atoms with Crippen molar-refractivity contribution in [1.82, 2.24) is 0 Å². The standard InChI is InChI=1S/C20H21NO5S/c1-13(19(22)21-16-11-10-14-6-5-7-15(14)12-16)26-20(23)17-8-3-4-9-18(17)27(2,24)25/h3-4,8-13H,5-7H2,1-2H3,(H,21,22). The third-order valence-corrected chi connectivity index (χ3v) is 5.68. The summed E-state index contributed by atoms with van der Waals surface area (Å²) in [7, 11) is -3.59. The highest BCUT2D eigenvalue weighted by atomic mass is 32.2. The molecule has 0 spiro atoms. The number of anilines is 1. The summed E-state index contributed by atoms with van der Waals surface area (Å²) in [5, 5.41) is 2.74. The van der Waals surface area contributed by atoms with Crippen LogP contribution in [0.2, 0.25) is 0 Å². The van der Waals surface area contributed by atoms with Crippen LogP contribution in [0, 0.1) is 0 Å². The van der Waals surface area contributed by atoms with Crippen LogP contribution in [-0.2, 0) is 32.2 Å². The van der Waals surface area contributed by atoms with E-state index in [2.05, 4.69) is 5.32 Å². The zero-order valence-corrected chi connectivity index (χ0v) is 16.0. The number of hydrogen-bond acceptors (Lipinski definition) is 5. The maximum absolute atomic E-state index is 12.4. The molecule has 2 aromatic carbocycles. The van der Waals surface area contributed by atoms with Gasteiger partial charge in [-0.2, -0.15) is 0 Å². The number of esters is 1. The fourth-order valence-corrected chi connectivity index (χ4v) is 4.01. The second kappa shape index (κ2) is 7.52. The Bertz CT molecular complexity index is 997. The predicted molar refractivity (Wildman–Crippen MR) is 102 cm³/mol. The van der Waals surface area contributed by atoms with E-state index >= 15 is 0 Å². The highest BCUT2D eigenvalue weighted by Crippen LogP contribution is 2.25. The van der Waals surface area contributed by atoms with Gasteiger partial charge in [-0.1, -0.05) is 18.2 Å². The molecule has 1 N–H and O–H groups in total. The van der Waals surface area contributed by atoms with Crippen molar-refractivity contribution in [2.24, 2.45) is 0 Å². The quantitative estimate of drug-likeness (QED) is 0.797. The Morgan fingerprint density at radius 3 is 2.52 bits per heavy atom. The minimum atomic E-state index is -3.59. The molecule has 0 bridgehead atoms. The maximum Gasteiger partial charge on any atom is 0.340 e. The van der Waals surface area contributed by atoms with E-state index in [1.807, 2.05) is 18.2 Å². The number of carbonyl (C=O) groups excluding carboxylic acids is 2. The lowest BCUT2D eigenvalue weighted by Crippen LogP contribution is -2.30. The summed E-state index contributed by atoms with van der Waals surface area (Å²) in [5.74, 6) is -1.33.